The molecule has 1 aliphatic rings. The Morgan fingerprint density at radius 1 is 1.32 bits per heavy atom. The molecule has 0 aromatic heterocycles. The molecule has 19 heavy (non-hydrogen) atoms. The normalized spacial score (nSPS) is 20.1. The summed E-state index contributed by atoms with van der Waals surface area (Å²) in [5, 5.41) is 6.36. The predicted molar refractivity (Wildman–Crippen MR) is 79.4 cm³/mol. The number of carbonyl (C=O) groups is 1. The van der Waals surface area contributed by atoms with E-state index in [0.717, 1.165) is 25.1 Å². The highest BCUT2D eigenvalue weighted by molar-refractivity contribution is 5.94. The quantitative estimate of drug-likeness (QED) is 0.875. The van der Waals surface area contributed by atoms with Gasteiger partial charge in [0.25, 0.3) is 0 Å². The zero-order valence-electron chi connectivity index (χ0n) is 11.9. The zero-order valence-corrected chi connectivity index (χ0v) is 11.9. The Bertz CT molecular complexity index is 421. The van der Waals surface area contributed by atoms with E-state index >= 15 is 0 Å². The second kappa shape index (κ2) is 6.71. The lowest BCUT2D eigenvalue weighted by Crippen LogP contribution is -2.39. The number of amides is 1. The van der Waals surface area contributed by atoms with Crippen LogP contribution in [0.15, 0.2) is 24.3 Å². The molecule has 3 nitrogen and oxygen atoms in total. The van der Waals surface area contributed by atoms with Crippen LogP contribution >= 0.6 is 0 Å². The second-order valence-corrected chi connectivity index (χ2v) is 5.63. The lowest BCUT2D eigenvalue weighted by molar-refractivity contribution is -0.118. The highest BCUT2D eigenvalue weighted by Gasteiger charge is 2.19. The minimum Gasteiger partial charge on any atom is -0.325 e. The smallest absolute Gasteiger partial charge is 0.241 e. The molecule has 0 spiro atoms. The van der Waals surface area contributed by atoms with Gasteiger partial charge < -0.3 is 10.6 Å². The zero-order chi connectivity index (χ0) is 13.7. The third kappa shape index (κ3) is 4.06. The van der Waals surface area contributed by atoms with Crippen molar-refractivity contribution in [1.82, 2.24) is 5.32 Å². The molecule has 1 unspecified atom stereocenters. The fourth-order valence-electron chi connectivity index (χ4n) is 2.46. The maximum atomic E-state index is 12.2. The molecule has 104 valence electrons. The van der Waals surface area contributed by atoms with Crippen LogP contribution in [0.3, 0.4) is 0 Å². The Hall–Kier alpha value is -1.35. The van der Waals surface area contributed by atoms with Crippen molar-refractivity contribution in [2.24, 2.45) is 0 Å². The molecular formula is C16H24N2O. The van der Waals surface area contributed by atoms with Crippen LogP contribution in [0, 0.1) is 0 Å². The van der Waals surface area contributed by atoms with Crippen molar-refractivity contribution in [2.75, 3.05) is 11.9 Å². The van der Waals surface area contributed by atoms with Crippen molar-refractivity contribution >= 4 is 11.6 Å². The van der Waals surface area contributed by atoms with Gasteiger partial charge in [0.05, 0.1) is 6.04 Å². The minimum atomic E-state index is -0.0368. The molecule has 0 aliphatic carbocycles. The van der Waals surface area contributed by atoms with Gasteiger partial charge in [0.1, 0.15) is 0 Å². The molecule has 1 atom stereocenters. The van der Waals surface area contributed by atoms with Crippen LogP contribution in [0.2, 0.25) is 0 Å². The summed E-state index contributed by atoms with van der Waals surface area (Å²) in [6.07, 6.45) is 4.47. The van der Waals surface area contributed by atoms with Crippen molar-refractivity contribution < 1.29 is 4.79 Å². The first-order chi connectivity index (χ1) is 9.16. The van der Waals surface area contributed by atoms with Gasteiger partial charge in [-0.2, -0.15) is 0 Å². The third-order valence-corrected chi connectivity index (χ3v) is 3.70. The van der Waals surface area contributed by atoms with E-state index in [9.17, 15) is 4.79 Å². The summed E-state index contributed by atoms with van der Waals surface area (Å²) in [5.74, 6) is 0.579. The topological polar surface area (TPSA) is 41.1 Å². The number of carbonyl (C=O) groups excluding carboxylic acids is 1. The largest absolute Gasteiger partial charge is 0.325 e. The first-order valence-corrected chi connectivity index (χ1v) is 7.31. The van der Waals surface area contributed by atoms with Crippen molar-refractivity contribution in [3.63, 3.8) is 0 Å². The maximum absolute atomic E-state index is 12.2. The van der Waals surface area contributed by atoms with Crippen LogP contribution in [0.1, 0.15) is 51.0 Å². The molecule has 0 radical (unpaired) electrons. The van der Waals surface area contributed by atoms with Gasteiger partial charge in [0, 0.05) is 5.69 Å². The molecule has 1 fully saturated rings. The highest BCUT2D eigenvalue weighted by atomic mass is 16.2. The SMILES string of the molecule is CC(C)c1cccc(NC(=O)C2CCCCCN2)c1. The molecule has 1 saturated heterocycles. The number of hydrogen-bond donors (Lipinski definition) is 2. The summed E-state index contributed by atoms with van der Waals surface area (Å²) >= 11 is 0. The lowest BCUT2D eigenvalue weighted by atomic mass is 10.0. The summed E-state index contributed by atoms with van der Waals surface area (Å²) in [5.41, 5.74) is 2.16. The molecule has 0 saturated carbocycles. The van der Waals surface area contributed by atoms with Crippen LogP contribution in [-0.4, -0.2) is 18.5 Å². The lowest BCUT2D eigenvalue weighted by Gasteiger charge is -2.16. The second-order valence-electron chi connectivity index (χ2n) is 5.63. The van der Waals surface area contributed by atoms with Crippen molar-refractivity contribution in [1.29, 1.82) is 0 Å². The van der Waals surface area contributed by atoms with E-state index in [1.807, 2.05) is 12.1 Å². The summed E-state index contributed by atoms with van der Waals surface area (Å²) < 4.78 is 0. The molecule has 2 rings (SSSR count). The predicted octanol–water partition coefficient (Wildman–Crippen LogP) is 3.28. The Kier molecular flexibility index (Phi) is 4.97. The van der Waals surface area contributed by atoms with Gasteiger partial charge in [-0.25, -0.2) is 0 Å². The molecule has 1 aromatic rings. The molecule has 1 aromatic carbocycles. The Labute approximate surface area is 115 Å². The van der Waals surface area contributed by atoms with Crippen LogP contribution in [0.5, 0.6) is 0 Å². The summed E-state index contributed by atoms with van der Waals surface area (Å²) in [4.78, 5) is 12.2. The average molecular weight is 260 g/mol. The van der Waals surface area contributed by atoms with E-state index in [0.29, 0.717) is 5.92 Å². The highest BCUT2D eigenvalue weighted by Crippen LogP contribution is 2.19. The van der Waals surface area contributed by atoms with Gasteiger partial charge >= 0.3 is 0 Å². The Balaban J connectivity index is 1.99. The number of nitrogens with one attached hydrogen (secondary N) is 2. The van der Waals surface area contributed by atoms with Crippen molar-refractivity contribution in [3.05, 3.63) is 29.8 Å². The minimum absolute atomic E-state index is 0.0368. The first-order valence-electron chi connectivity index (χ1n) is 7.31. The van der Waals surface area contributed by atoms with Gasteiger partial charge in [-0.1, -0.05) is 38.8 Å². The van der Waals surface area contributed by atoms with Crippen LogP contribution in [0.25, 0.3) is 0 Å². The number of anilines is 1. The summed E-state index contributed by atoms with van der Waals surface area (Å²) in [6, 6.07) is 8.10. The first kappa shape index (κ1) is 14.1. The van der Waals surface area contributed by atoms with E-state index in [-0.39, 0.29) is 11.9 Å². The molecule has 0 bridgehead atoms. The number of benzene rings is 1. The molecule has 1 aliphatic heterocycles. The fourth-order valence-corrected chi connectivity index (χ4v) is 2.46. The average Bonchev–Trinajstić information content (AvgIpc) is 2.68. The molecule has 1 heterocycles. The van der Waals surface area contributed by atoms with E-state index in [4.69, 9.17) is 0 Å². The van der Waals surface area contributed by atoms with Gasteiger partial charge in [-0.05, 0) is 43.0 Å². The van der Waals surface area contributed by atoms with Crippen molar-refractivity contribution in [3.8, 4) is 0 Å². The van der Waals surface area contributed by atoms with E-state index in [1.54, 1.807) is 0 Å². The van der Waals surface area contributed by atoms with E-state index < -0.39 is 0 Å². The van der Waals surface area contributed by atoms with Crippen LogP contribution in [0.4, 0.5) is 5.69 Å². The van der Waals surface area contributed by atoms with Crippen LogP contribution < -0.4 is 10.6 Å². The summed E-state index contributed by atoms with van der Waals surface area (Å²) in [6.45, 7) is 5.27. The Morgan fingerprint density at radius 2 is 2.16 bits per heavy atom. The standard InChI is InChI=1S/C16H24N2O/c1-12(2)13-7-6-8-14(11-13)18-16(19)15-9-4-3-5-10-17-15/h6-8,11-12,15,17H,3-5,9-10H2,1-2H3,(H,18,19). The van der Waals surface area contributed by atoms with Gasteiger partial charge in [-0.15, -0.1) is 0 Å². The van der Waals surface area contributed by atoms with E-state index in [1.165, 1.54) is 18.4 Å². The van der Waals surface area contributed by atoms with Gasteiger partial charge in [0.15, 0.2) is 0 Å². The molecule has 3 heteroatoms. The number of hydrogen-bond acceptors (Lipinski definition) is 2. The summed E-state index contributed by atoms with van der Waals surface area (Å²) in [7, 11) is 0. The third-order valence-electron chi connectivity index (χ3n) is 3.70. The van der Waals surface area contributed by atoms with Crippen molar-refractivity contribution in [2.45, 2.75) is 51.5 Å². The van der Waals surface area contributed by atoms with Gasteiger partial charge in [0.2, 0.25) is 5.91 Å². The fraction of sp³-hybridized carbons (Fsp3) is 0.562. The molecular weight excluding hydrogens is 236 g/mol. The van der Waals surface area contributed by atoms with Crippen LogP contribution in [-0.2, 0) is 4.79 Å². The maximum Gasteiger partial charge on any atom is 0.241 e. The number of rotatable bonds is 3. The monoisotopic (exact) mass is 260 g/mol. The molecule has 1 amide bonds. The van der Waals surface area contributed by atoms with E-state index in [2.05, 4.69) is 36.6 Å². The van der Waals surface area contributed by atoms with Gasteiger partial charge in [-0.3, -0.25) is 4.79 Å². The molecule has 2 N–H and O–H groups in total. The Morgan fingerprint density at radius 3 is 2.95 bits per heavy atom.